The SMILES string of the molecule is C=N/N=C(/NC(=O)Cc1c[nH]c2ccccc12)SC. The van der Waals surface area contributed by atoms with Crippen molar-refractivity contribution in [3.05, 3.63) is 36.0 Å². The van der Waals surface area contributed by atoms with Crippen LogP contribution in [0.1, 0.15) is 5.56 Å². The van der Waals surface area contributed by atoms with Gasteiger partial charge >= 0.3 is 0 Å². The minimum Gasteiger partial charge on any atom is -0.361 e. The van der Waals surface area contributed by atoms with Gasteiger partial charge in [-0.05, 0) is 17.9 Å². The largest absolute Gasteiger partial charge is 0.361 e. The highest BCUT2D eigenvalue weighted by Crippen LogP contribution is 2.17. The van der Waals surface area contributed by atoms with Gasteiger partial charge in [0, 0.05) is 23.8 Å². The second-order valence-corrected chi connectivity index (χ2v) is 4.63. The summed E-state index contributed by atoms with van der Waals surface area (Å²) < 4.78 is 0. The van der Waals surface area contributed by atoms with Crippen LogP contribution in [0.15, 0.2) is 40.7 Å². The molecule has 0 aliphatic heterocycles. The highest BCUT2D eigenvalue weighted by Gasteiger charge is 2.10. The molecule has 0 radical (unpaired) electrons. The number of benzene rings is 1. The first-order chi connectivity index (χ1) is 9.24. The maximum absolute atomic E-state index is 11.9. The molecule has 1 amide bonds. The third-order valence-electron chi connectivity index (χ3n) is 2.63. The van der Waals surface area contributed by atoms with E-state index in [1.165, 1.54) is 11.8 Å². The number of rotatable bonds is 3. The van der Waals surface area contributed by atoms with E-state index in [1.54, 1.807) is 0 Å². The van der Waals surface area contributed by atoms with Gasteiger partial charge in [-0.2, -0.15) is 5.10 Å². The van der Waals surface area contributed by atoms with Gasteiger partial charge in [0.2, 0.25) is 5.91 Å². The van der Waals surface area contributed by atoms with Crippen molar-refractivity contribution < 1.29 is 4.79 Å². The minimum atomic E-state index is -0.124. The monoisotopic (exact) mass is 274 g/mol. The summed E-state index contributed by atoms with van der Waals surface area (Å²) in [6, 6.07) is 7.88. The fraction of sp³-hybridized carbons (Fsp3) is 0.154. The van der Waals surface area contributed by atoms with Crippen LogP contribution in [0.2, 0.25) is 0 Å². The van der Waals surface area contributed by atoms with Gasteiger partial charge in [0.1, 0.15) is 0 Å². The number of para-hydroxylation sites is 1. The van der Waals surface area contributed by atoms with Gasteiger partial charge in [0.25, 0.3) is 0 Å². The Kier molecular flexibility index (Phi) is 4.35. The Bertz CT molecular complexity index is 632. The molecule has 0 saturated carbocycles. The Balaban J connectivity index is 2.11. The molecule has 0 atom stereocenters. The van der Waals surface area contributed by atoms with Crippen LogP contribution in [0.3, 0.4) is 0 Å². The Labute approximate surface area is 115 Å². The third-order valence-corrected chi connectivity index (χ3v) is 3.20. The molecule has 0 spiro atoms. The van der Waals surface area contributed by atoms with Crippen molar-refractivity contribution in [3.8, 4) is 0 Å². The molecule has 0 bridgehead atoms. The van der Waals surface area contributed by atoms with Gasteiger partial charge in [-0.25, -0.2) is 0 Å². The standard InChI is InChI=1S/C13H14N4OS/c1-14-17-13(19-2)16-12(18)7-9-8-15-11-6-4-3-5-10(9)11/h3-6,8,15H,1,7H2,2H3,(H,16,17,18). The van der Waals surface area contributed by atoms with Gasteiger partial charge in [-0.15, -0.1) is 5.10 Å². The van der Waals surface area contributed by atoms with E-state index in [0.717, 1.165) is 16.5 Å². The summed E-state index contributed by atoms with van der Waals surface area (Å²) >= 11 is 1.32. The predicted octanol–water partition coefficient (Wildman–Crippen LogP) is 2.16. The minimum absolute atomic E-state index is 0.124. The summed E-state index contributed by atoms with van der Waals surface area (Å²) in [6.45, 7) is 3.27. The highest BCUT2D eigenvalue weighted by molar-refractivity contribution is 8.13. The molecule has 0 unspecified atom stereocenters. The number of fused-ring (bicyclic) bond motifs is 1. The van der Waals surface area contributed by atoms with E-state index >= 15 is 0 Å². The molecule has 1 aromatic carbocycles. The number of aromatic nitrogens is 1. The van der Waals surface area contributed by atoms with Crippen molar-refractivity contribution >= 4 is 40.5 Å². The van der Waals surface area contributed by atoms with Crippen molar-refractivity contribution in [2.45, 2.75) is 6.42 Å². The average Bonchev–Trinajstić information content (AvgIpc) is 2.82. The van der Waals surface area contributed by atoms with E-state index in [4.69, 9.17) is 0 Å². The van der Waals surface area contributed by atoms with Crippen molar-refractivity contribution in [2.75, 3.05) is 6.26 Å². The first-order valence-electron chi connectivity index (χ1n) is 5.67. The van der Waals surface area contributed by atoms with Gasteiger partial charge < -0.3 is 10.3 Å². The molecule has 0 aliphatic carbocycles. The van der Waals surface area contributed by atoms with Crippen LogP contribution in [0.4, 0.5) is 0 Å². The number of amides is 1. The molecular formula is C13H14N4OS. The molecular weight excluding hydrogens is 260 g/mol. The second kappa shape index (κ2) is 6.19. The number of carbonyl (C=O) groups excluding carboxylic acids is 1. The van der Waals surface area contributed by atoms with E-state index in [1.807, 2.05) is 36.7 Å². The van der Waals surface area contributed by atoms with Crippen molar-refractivity contribution in [1.82, 2.24) is 10.3 Å². The Hall–Kier alpha value is -2.08. The number of amidine groups is 1. The number of hydrogen-bond donors (Lipinski definition) is 2. The zero-order valence-corrected chi connectivity index (χ0v) is 11.3. The summed E-state index contributed by atoms with van der Waals surface area (Å²) in [4.78, 5) is 15.1. The Morgan fingerprint density at radius 3 is 3.00 bits per heavy atom. The van der Waals surface area contributed by atoms with Crippen LogP contribution in [0.5, 0.6) is 0 Å². The van der Waals surface area contributed by atoms with Crippen molar-refractivity contribution in [1.29, 1.82) is 0 Å². The van der Waals surface area contributed by atoms with Gasteiger partial charge in [-0.3, -0.25) is 4.79 Å². The van der Waals surface area contributed by atoms with E-state index in [2.05, 4.69) is 27.2 Å². The lowest BCUT2D eigenvalue weighted by atomic mass is 10.1. The third kappa shape index (κ3) is 3.23. The molecule has 19 heavy (non-hydrogen) atoms. The van der Waals surface area contributed by atoms with Gasteiger partial charge in [-0.1, -0.05) is 30.0 Å². The number of nitrogens with zero attached hydrogens (tertiary/aromatic N) is 2. The summed E-state index contributed by atoms with van der Waals surface area (Å²) in [5, 5.41) is 11.3. The Morgan fingerprint density at radius 1 is 1.47 bits per heavy atom. The maximum Gasteiger partial charge on any atom is 0.230 e. The molecule has 6 heteroatoms. The van der Waals surface area contributed by atoms with Crippen LogP contribution in [-0.4, -0.2) is 29.0 Å². The van der Waals surface area contributed by atoms with Crippen LogP contribution >= 0.6 is 11.8 Å². The summed E-state index contributed by atoms with van der Waals surface area (Å²) in [7, 11) is 0. The molecule has 1 heterocycles. The number of carbonyl (C=O) groups is 1. The van der Waals surface area contributed by atoms with E-state index < -0.39 is 0 Å². The molecule has 2 rings (SSSR count). The number of nitrogens with one attached hydrogen (secondary N) is 2. The fourth-order valence-corrected chi connectivity index (χ4v) is 2.15. The van der Waals surface area contributed by atoms with Crippen LogP contribution < -0.4 is 5.32 Å². The van der Waals surface area contributed by atoms with Crippen LogP contribution in [0, 0.1) is 0 Å². The quantitative estimate of drug-likeness (QED) is 0.511. The molecule has 98 valence electrons. The highest BCUT2D eigenvalue weighted by atomic mass is 32.2. The summed E-state index contributed by atoms with van der Waals surface area (Å²) in [6.07, 6.45) is 3.96. The summed E-state index contributed by atoms with van der Waals surface area (Å²) in [5.41, 5.74) is 1.98. The molecule has 0 saturated heterocycles. The molecule has 1 aromatic heterocycles. The first-order valence-corrected chi connectivity index (χ1v) is 6.89. The zero-order chi connectivity index (χ0) is 13.7. The van der Waals surface area contributed by atoms with Crippen molar-refractivity contribution in [2.24, 2.45) is 10.2 Å². The number of aromatic amines is 1. The van der Waals surface area contributed by atoms with E-state index in [-0.39, 0.29) is 5.91 Å². The van der Waals surface area contributed by atoms with Crippen molar-refractivity contribution in [3.63, 3.8) is 0 Å². The number of H-pyrrole nitrogens is 1. The normalized spacial score (nSPS) is 11.5. The van der Waals surface area contributed by atoms with Gasteiger partial charge in [0.05, 0.1) is 6.42 Å². The summed E-state index contributed by atoms with van der Waals surface area (Å²) in [5.74, 6) is -0.124. The molecule has 0 fully saturated rings. The molecule has 5 nitrogen and oxygen atoms in total. The second-order valence-electron chi connectivity index (χ2n) is 3.84. The zero-order valence-electron chi connectivity index (χ0n) is 10.5. The molecule has 0 aliphatic rings. The lowest BCUT2D eigenvalue weighted by molar-refractivity contribution is -0.118. The molecule has 2 N–H and O–H groups in total. The Morgan fingerprint density at radius 2 is 2.26 bits per heavy atom. The number of hydrogen-bond acceptors (Lipinski definition) is 4. The smallest absolute Gasteiger partial charge is 0.230 e. The topological polar surface area (TPSA) is 69.6 Å². The van der Waals surface area contributed by atoms with Gasteiger partial charge in [0.15, 0.2) is 5.17 Å². The lowest BCUT2D eigenvalue weighted by Crippen LogP contribution is -2.29. The number of thioether (sulfide) groups is 1. The maximum atomic E-state index is 11.9. The fourth-order valence-electron chi connectivity index (χ4n) is 1.80. The first kappa shape index (κ1) is 13.4. The lowest BCUT2D eigenvalue weighted by Gasteiger charge is -2.04. The predicted molar refractivity (Wildman–Crippen MR) is 80.6 cm³/mol. The molecule has 2 aromatic rings. The van der Waals surface area contributed by atoms with Crippen LogP contribution in [-0.2, 0) is 11.2 Å². The van der Waals surface area contributed by atoms with E-state index in [9.17, 15) is 4.79 Å². The van der Waals surface area contributed by atoms with Crippen LogP contribution in [0.25, 0.3) is 10.9 Å². The average molecular weight is 274 g/mol. The van der Waals surface area contributed by atoms with E-state index in [0.29, 0.717) is 11.6 Å².